The third-order valence-corrected chi connectivity index (χ3v) is 4.17. The number of amides is 2. The molecule has 1 aromatic carbocycles. The van der Waals surface area contributed by atoms with Gasteiger partial charge in [-0.25, -0.2) is 9.59 Å². The Morgan fingerprint density at radius 1 is 0.913 bits per heavy atom. The molecule has 3 rings (SSSR count). The van der Waals surface area contributed by atoms with Crippen molar-refractivity contribution in [2.75, 3.05) is 7.11 Å². The Bertz CT molecular complexity index is 805. The molecule has 2 amide bonds. The second-order valence-electron chi connectivity index (χ2n) is 4.48. The molecular weight excluding hydrogens is 322 g/mol. The summed E-state index contributed by atoms with van der Waals surface area (Å²) in [4.78, 5) is 52.8. The molecule has 0 bridgehead atoms. The number of thiophene rings is 1. The van der Waals surface area contributed by atoms with Gasteiger partial charge in [0.05, 0.1) is 18.2 Å². The summed E-state index contributed by atoms with van der Waals surface area (Å²) in [6, 6.07) is 8.93. The summed E-state index contributed by atoms with van der Waals surface area (Å²) in [5, 5.41) is 0.421. The Morgan fingerprint density at radius 2 is 1.43 bits per heavy atom. The highest BCUT2D eigenvalue weighted by atomic mass is 32.1. The summed E-state index contributed by atoms with van der Waals surface area (Å²) in [5.74, 6) is -2.90. The Balaban J connectivity index is 1.79. The highest BCUT2D eigenvalue weighted by Crippen LogP contribution is 2.25. The Labute approximate surface area is 134 Å². The molecule has 0 N–H and O–H groups in total. The molecule has 0 radical (unpaired) electrons. The van der Waals surface area contributed by atoms with Gasteiger partial charge in [-0.05, 0) is 24.3 Å². The van der Waals surface area contributed by atoms with E-state index < -0.39 is 23.8 Å². The standard InChI is InChI=1S/C15H9NO6S/c1-21-14(19)10-6-7-11(23-10)15(20)22-16-12(17)8-4-2-3-5-9(8)13(16)18/h2-7H,1H3. The van der Waals surface area contributed by atoms with E-state index in [1.165, 1.54) is 31.4 Å². The van der Waals surface area contributed by atoms with Crippen LogP contribution in [0.25, 0.3) is 0 Å². The zero-order valence-electron chi connectivity index (χ0n) is 11.8. The van der Waals surface area contributed by atoms with Gasteiger partial charge >= 0.3 is 11.9 Å². The van der Waals surface area contributed by atoms with Crippen molar-refractivity contribution in [3.63, 3.8) is 0 Å². The third kappa shape index (κ3) is 2.49. The van der Waals surface area contributed by atoms with Gasteiger partial charge in [0.1, 0.15) is 9.75 Å². The van der Waals surface area contributed by atoms with Crippen LogP contribution in [0.4, 0.5) is 0 Å². The summed E-state index contributed by atoms with van der Waals surface area (Å²) in [6.45, 7) is 0. The lowest BCUT2D eigenvalue weighted by atomic mass is 10.1. The maximum Gasteiger partial charge on any atom is 0.373 e. The molecule has 7 nitrogen and oxygen atoms in total. The van der Waals surface area contributed by atoms with Gasteiger partial charge in [0.25, 0.3) is 11.8 Å². The molecule has 23 heavy (non-hydrogen) atoms. The van der Waals surface area contributed by atoms with Gasteiger partial charge in [-0.15, -0.1) is 11.3 Å². The summed E-state index contributed by atoms with van der Waals surface area (Å²) in [7, 11) is 1.22. The van der Waals surface area contributed by atoms with Gasteiger partial charge in [0, 0.05) is 0 Å². The molecular formula is C15H9NO6S. The van der Waals surface area contributed by atoms with E-state index in [-0.39, 0.29) is 20.9 Å². The average molecular weight is 331 g/mol. The van der Waals surface area contributed by atoms with Crippen LogP contribution < -0.4 is 0 Å². The molecule has 0 unspecified atom stereocenters. The fourth-order valence-corrected chi connectivity index (χ4v) is 2.83. The maximum atomic E-state index is 12.1. The summed E-state index contributed by atoms with van der Waals surface area (Å²) >= 11 is 0.845. The van der Waals surface area contributed by atoms with E-state index in [9.17, 15) is 19.2 Å². The van der Waals surface area contributed by atoms with Crippen molar-refractivity contribution in [2.45, 2.75) is 0 Å². The first-order valence-corrected chi connectivity index (χ1v) is 7.23. The summed E-state index contributed by atoms with van der Waals surface area (Å²) in [5.41, 5.74) is 0.346. The molecule has 116 valence electrons. The van der Waals surface area contributed by atoms with E-state index in [2.05, 4.69) is 4.74 Å². The number of benzene rings is 1. The zero-order valence-corrected chi connectivity index (χ0v) is 12.6. The van der Waals surface area contributed by atoms with Crippen LogP contribution in [0.1, 0.15) is 40.1 Å². The molecule has 1 aliphatic rings. The van der Waals surface area contributed by atoms with Crippen LogP contribution in [-0.4, -0.2) is 35.9 Å². The van der Waals surface area contributed by atoms with Gasteiger partial charge in [-0.2, -0.15) is 0 Å². The topological polar surface area (TPSA) is 90.0 Å². The van der Waals surface area contributed by atoms with Crippen LogP contribution in [-0.2, 0) is 9.57 Å². The zero-order chi connectivity index (χ0) is 16.6. The number of ether oxygens (including phenoxy) is 1. The van der Waals surface area contributed by atoms with Crippen LogP contribution in [0, 0.1) is 0 Å². The highest BCUT2D eigenvalue weighted by Gasteiger charge is 2.39. The molecule has 0 saturated carbocycles. The van der Waals surface area contributed by atoms with E-state index in [0.29, 0.717) is 5.06 Å². The number of hydrogen-bond donors (Lipinski definition) is 0. The first-order valence-electron chi connectivity index (χ1n) is 6.41. The summed E-state index contributed by atoms with van der Waals surface area (Å²) in [6.07, 6.45) is 0. The first-order chi connectivity index (χ1) is 11.0. The van der Waals surface area contributed by atoms with E-state index in [1.54, 1.807) is 12.1 Å². The molecule has 0 atom stereocenters. The lowest BCUT2D eigenvalue weighted by molar-refractivity contribution is -0.0581. The molecule has 2 heterocycles. The molecule has 0 spiro atoms. The van der Waals surface area contributed by atoms with Crippen molar-refractivity contribution in [2.24, 2.45) is 0 Å². The van der Waals surface area contributed by atoms with E-state index >= 15 is 0 Å². The molecule has 8 heteroatoms. The lowest BCUT2D eigenvalue weighted by Gasteiger charge is -2.11. The lowest BCUT2D eigenvalue weighted by Crippen LogP contribution is -2.32. The molecule has 1 aromatic heterocycles. The normalized spacial score (nSPS) is 13.0. The van der Waals surface area contributed by atoms with Crippen LogP contribution in [0.2, 0.25) is 0 Å². The SMILES string of the molecule is COC(=O)c1ccc(C(=O)ON2C(=O)c3ccccc3C2=O)s1. The second kappa shape index (κ2) is 5.65. The minimum Gasteiger partial charge on any atom is -0.465 e. The minimum atomic E-state index is -0.903. The molecule has 0 fully saturated rings. The monoisotopic (exact) mass is 331 g/mol. The second-order valence-corrected chi connectivity index (χ2v) is 5.57. The van der Waals surface area contributed by atoms with Crippen molar-refractivity contribution in [1.82, 2.24) is 5.06 Å². The predicted molar refractivity (Wildman–Crippen MR) is 78.0 cm³/mol. The van der Waals surface area contributed by atoms with Crippen LogP contribution in [0.5, 0.6) is 0 Å². The van der Waals surface area contributed by atoms with Crippen LogP contribution in [0.3, 0.4) is 0 Å². The van der Waals surface area contributed by atoms with Crippen molar-refractivity contribution in [1.29, 1.82) is 0 Å². The number of imide groups is 1. The Morgan fingerprint density at radius 3 is 1.96 bits per heavy atom. The van der Waals surface area contributed by atoms with E-state index in [4.69, 9.17) is 4.84 Å². The fraction of sp³-hybridized carbons (Fsp3) is 0.0667. The molecule has 2 aromatic rings. The summed E-state index contributed by atoms with van der Waals surface area (Å²) < 4.78 is 4.54. The Hall–Kier alpha value is -3.00. The quantitative estimate of drug-likeness (QED) is 0.630. The smallest absolute Gasteiger partial charge is 0.373 e. The number of methoxy groups -OCH3 is 1. The molecule has 1 aliphatic heterocycles. The van der Waals surface area contributed by atoms with E-state index in [1.807, 2.05) is 0 Å². The number of hydroxylamine groups is 2. The van der Waals surface area contributed by atoms with Gasteiger partial charge in [-0.3, -0.25) is 9.59 Å². The van der Waals surface area contributed by atoms with Crippen molar-refractivity contribution in [3.8, 4) is 0 Å². The fourth-order valence-electron chi connectivity index (χ4n) is 2.04. The first kappa shape index (κ1) is 14.9. The van der Waals surface area contributed by atoms with Crippen LogP contribution in [0.15, 0.2) is 36.4 Å². The van der Waals surface area contributed by atoms with Gasteiger partial charge in [0.15, 0.2) is 0 Å². The van der Waals surface area contributed by atoms with Gasteiger partial charge < -0.3 is 9.57 Å². The third-order valence-electron chi connectivity index (χ3n) is 3.12. The number of fused-ring (bicyclic) bond motifs is 1. The minimum absolute atomic E-state index is 0.0713. The Kier molecular flexibility index (Phi) is 3.67. The van der Waals surface area contributed by atoms with E-state index in [0.717, 1.165) is 11.3 Å². The predicted octanol–water partition coefficient (Wildman–Crippen LogP) is 1.90. The number of esters is 1. The number of carbonyl (C=O) groups is 4. The molecule has 0 aliphatic carbocycles. The van der Waals surface area contributed by atoms with Gasteiger partial charge in [0.2, 0.25) is 0 Å². The number of nitrogens with zero attached hydrogens (tertiary/aromatic N) is 1. The maximum absolute atomic E-state index is 12.1. The number of hydrogen-bond acceptors (Lipinski definition) is 7. The largest absolute Gasteiger partial charge is 0.465 e. The average Bonchev–Trinajstić information content (AvgIpc) is 3.15. The molecule has 0 saturated heterocycles. The van der Waals surface area contributed by atoms with Crippen LogP contribution >= 0.6 is 11.3 Å². The van der Waals surface area contributed by atoms with Crippen molar-refractivity contribution >= 4 is 35.1 Å². The number of carbonyl (C=O) groups excluding carboxylic acids is 4. The highest BCUT2D eigenvalue weighted by molar-refractivity contribution is 7.15. The van der Waals surface area contributed by atoms with Gasteiger partial charge in [-0.1, -0.05) is 17.2 Å². The van der Waals surface area contributed by atoms with Crippen molar-refractivity contribution in [3.05, 3.63) is 57.3 Å². The number of rotatable bonds is 3. The van der Waals surface area contributed by atoms with Crippen molar-refractivity contribution < 1.29 is 28.8 Å².